The second kappa shape index (κ2) is 7.02. The van der Waals surface area contributed by atoms with Crippen LogP contribution >= 0.6 is 0 Å². The lowest BCUT2D eigenvalue weighted by atomic mass is 10.2. The van der Waals surface area contributed by atoms with Crippen LogP contribution in [-0.2, 0) is 22.6 Å². The number of carboxylic acid groups (broad SMARTS) is 1. The van der Waals surface area contributed by atoms with Crippen LogP contribution in [0.1, 0.15) is 19.0 Å². The van der Waals surface area contributed by atoms with Gasteiger partial charge < -0.3 is 20.1 Å². The van der Waals surface area contributed by atoms with Gasteiger partial charge in [-0.3, -0.25) is 4.79 Å². The molecule has 0 aliphatic carbocycles. The maximum absolute atomic E-state index is 12.0. The van der Waals surface area contributed by atoms with Crippen LogP contribution in [0.3, 0.4) is 0 Å². The molecule has 2 N–H and O–H groups in total. The molecule has 2 rings (SSSR count). The first-order valence-electron chi connectivity index (χ1n) is 6.83. The van der Waals surface area contributed by atoms with Gasteiger partial charge in [-0.05, 0) is 6.42 Å². The molecular weight excluding hydrogens is 278 g/mol. The van der Waals surface area contributed by atoms with E-state index in [4.69, 9.17) is 9.84 Å². The molecule has 9 heteroatoms. The Hall–Kier alpha value is -2.16. The zero-order chi connectivity index (χ0) is 15.2. The standard InChI is InChI=1S/C12H19N5O4/c1-2-10-7-16(3-4-21-10)12(20)13-5-9-6-17(15-14-9)8-11(18)19/h6,10H,2-5,7-8H2,1H3,(H,13,20)(H,18,19). The molecule has 1 fully saturated rings. The van der Waals surface area contributed by atoms with Gasteiger partial charge in [-0.15, -0.1) is 5.10 Å². The molecule has 1 aliphatic heterocycles. The zero-order valence-corrected chi connectivity index (χ0v) is 11.9. The molecule has 1 unspecified atom stereocenters. The largest absolute Gasteiger partial charge is 0.480 e. The Kier molecular flexibility index (Phi) is 5.09. The fraction of sp³-hybridized carbons (Fsp3) is 0.667. The number of rotatable bonds is 5. The minimum Gasteiger partial charge on any atom is -0.480 e. The van der Waals surface area contributed by atoms with Gasteiger partial charge in [-0.25, -0.2) is 9.48 Å². The lowest BCUT2D eigenvalue weighted by Crippen LogP contribution is -2.49. The van der Waals surface area contributed by atoms with Gasteiger partial charge >= 0.3 is 12.0 Å². The van der Waals surface area contributed by atoms with Crippen LogP contribution in [0.25, 0.3) is 0 Å². The van der Waals surface area contributed by atoms with Crippen molar-refractivity contribution in [3.05, 3.63) is 11.9 Å². The van der Waals surface area contributed by atoms with Gasteiger partial charge in [0.1, 0.15) is 12.2 Å². The molecule has 2 amide bonds. The second-order valence-corrected chi connectivity index (χ2v) is 4.81. The van der Waals surface area contributed by atoms with Gasteiger partial charge in [0.25, 0.3) is 0 Å². The third-order valence-electron chi connectivity index (χ3n) is 3.19. The van der Waals surface area contributed by atoms with Gasteiger partial charge in [-0.2, -0.15) is 0 Å². The molecule has 21 heavy (non-hydrogen) atoms. The number of urea groups is 1. The highest BCUT2D eigenvalue weighted by Gasteiger charge is 2.22. The van der Waals surface area contributed by atoms with Crippen LogP contribution in [0.15, 0.2) is 6.20 Å². The van der Waals surface area contributed by atoms with E-state index in [-0.39, 0.29) is 25.2 Å². The van der Waals surface area contributed by atoms with E-state index in [1.807, 2.05) is 6.92 Å². The summed E-state index contributed by atoms with van der Waals surface area (Å²) < 4.78 is 6.72. The molecule has 0 aromatic carbocycles. The van der Waals surface area contributed by atoms with Crippen LogP contribution in [0.4, 0.5) is 4.79 Å². The van der Waals surface area contributed by atoms with E-state index >= 15 is 0 Å². The van der Waals surface area contributed by atoms with Gasteiger partial charge in [0.05, 0.1) is 25.5 Å². The van der Waals surface area contributed by atoms with Gasteiger partial charge in [0.2, 0.25) is 0 Å². The van der Waals surface area contributed by atoms with E-state index in [0.29, 0.717) is 25.4 Å². The predicted octanol–water partition coefficient (Wildman–Crippen LogP) is -0.317. The van der Waals surface area contributed by atoms with Crippen molar-refractivity contribution in [3.63, 3.8) is 0 Å². The number of amides is 2. The van der Waals surface area contributed by atoms with E-state index < -0.39 is 5.97 Å². The summed E-state index contributed by atoms with van der Waals surface area (Å²) in [6.07, 6.45) is 2.46. The Morgan fingerprint density at radius 2 is 2.38 bits per heavy atom. The van der Waals surface area contributed by atoms with Crippen molar-refractivity contribution in [1.29, 1.82) is 0 Å². The van der Waals surface area contributed by atoms with E-state index in [2.05, 4.69) is 15.6 Å². The van der Waals surface area contributed by atoms with E-state index in [0.717, 1.165) is 6.42 Å². The van der Waals surface area contributed by atoms with E-state index in [1.165, 1.54) is 10.9 Å². The number of carbonyl (C=O) groups is 2. The summed E-state index contributed by atoms with van der Waals surface area (Å²) >= 11 is 0. The first-order valence-corrected chi connectivity index (χ1v) is 6.83. The molecule has 116 valence electrons. The summed E-state index contributed by atoms with van der Waals surface area (Å²) in [4.78, 5) is 24.3. The third-order valence-corrected chi connectivity index (χ3v) is 3.19. The first-order chi connectivity index (χ1) is 10.1. The van der Waals surface area contributed by atoms with Crippen LogP contribution in [0.5, 0.6) is 0 Å². The summed E-state index contributed by atoms with van der Waals surface area (Å²) in [6.45, 7) is 3.67. The molecule has 1 saturated heterocycles. The molecule has 1 aromatic rings. The number of aromatic nitrogens is 3. The summed E-state index contributed by atoms with van der Waals surface area (Å²) in [5.41, 5.74) is 0.518. The topological polar surface area (TPSA) is 110 Å². The van der Waals surface area contributed by atoms with Gasteiger partial charge in [0.15, 0.2) is 0 Å². The average Bonchev–Trinajstić information content (AvgIpc) is 2.91. The van der Waals surface area contributed by atoms with E-state index in [1.54, 1.807) is 4.90 Å². The number of hydrogen-bond donors (Lipinski definition) is 2. The van der Waals surface area contributed by atoms with Crippen molar-refractivity contribution in [3.8, 4) is 0 Å². The second-order valence-electron chi connectivity index (χ2n) is 4.81. The van der Waals surface area contributed by atoms with E-state index in [9.17, 15) is 9.59 Å². The SMILES string of the molecule is CCC1CN(C(=O)NCc2cn(CC(=O)O)nn2)CCO1. The van der Waals surface area contributed by atoms with Crippen molar-refractivity contribution < 1.29 is 19.4 Å². The third kappa shape index (κ3) is 4.42. The highest BCUT2D eigenvalue weighted by molar-refractivity contribution is 5.74. The Balaban J connectivity index is 1.80. The highest BCUT2D eigenvalue weighted by atomic mass is 16.5. The monoisotopic (exact) mass is 297 g/mol. The average molecular weight is 297 g/mol. The number of nitrogens with zero attached hydrogens (tertiary/aromatic N) is 4. The van der Waals surface area contributed by atoms with Crippen LogP contribution in [0, 0.1) is 0 Å². The molecule has 2 heterocycles. The van der Waals surface area contributed by atoms with Crippen LogP contribution < -0.4 is 5.32 Å². The number of nitrogens with one attached hydrogen (secondary N) is 1. The molecule has 1 atom stereocenters. The number of carboxylic acids is 1. The number of ether oxygens (including phenoxy) is 1. The Morgan fingerprint density at radius 3 is 3.10 bits per heavy atom. The fourth-order valence-corrected chi connectivity index (χ4v) is 2.06. The maximum atomic E-state index is 12.0. The van der Waals surface area contributed by atoms with Crippen molar-refractivity contribution in [1.82, 2.24) is 25.2 Å². The van der Waals surface area contributed by atoms with Crippen LogP contribution in [0.2, 0.25) is 0 Å². The number of morpholine rings is 1. The molecule has 0 saturated carbocycles. The minimum atomic E-state index is -0.991. The Bertz CT molecular complexity index is 504. The molecule has 0 radical (unpaired) electrons. The van der Waals surface area contributed by atoms with Crippen molar-refractivity contribution in [2.24, 2.45) is 0 Å². The Labute approximate surface area is 121 Å². The number of aliphatic carboxylic acids is 1. The number of hydrogen-bond acceptors (Lipinski definition) is 5. The molecule has 9 nitrogen and oxygen atoms in total. The summed E-state index contributed by atoms with van der Waals surface area (Å²) in [5.74, 6) is -0.991. The highest BCUT2D eigenvalue weighted by Crippen LogP contribution is 2.08. The number of carbonyl (C=O) groups excluding carboxylic acids is 1. The van der Waals surface area contributed by atoms with Gasteiger partial charge in [-0.1, -0.05) is 12.1 Å². The minimum absolute atomic E-state index is 0.0842. The lowest BCUT2D eigenvalue weighted by molar-refractivity contribution is -0.137. The first kappa shape index (κ1) is 15.2. The zero-order valence-electron chi connectivity index (χ0n) is 11.9. The Morgan fingerprint density at radius 1 is 1.57 bits per heavy atom. The molecular formula is C12H19N5O4. The predicted molar refractivity (Wildman–Crippen MR) is 71.5 cm³/mol. The van der Waals surface area contributed by atoms with Gasteiger partial charge in [0, 0.05) is 13.1 Å². The van der Waals surface area contributed by atoms with Crippen molar-refractivity contribution >= 4 is 12.0 Å². The maximum Gasteiger partial charge on any atom is 0.325 e. The normalized spacial score (nSPS) is 18.5. The smallest absolute Gasteiger partial charge is 0.325 e. The molecule has 1 aromatic heterocycles. The fourth-order valence-electron chi connectivity index (χ4n) is 2.06. The van der Waals surface area contributed by atoms with Crippen molar-refractivity contribution in [2.45, 2.75) is 32.5 Å². The molecule has 1 aliphatic rings. The quantitative estimate of drug-likeness (QED) is 0.771. The summed E-state index contributed by atoms with van der Waals surface area (Å²) in [6, 6.07) is -0.176. The summed E-state index contributed by atoms with van der Waals surface area (Å²) in [7, 11) is 0. The van der Waals surface area contributed by atoms with Crippen LogP contribution in [-0.4, -0.2) is 62.8 Å². The summed E-state index contributed by atoms with van der Waals surface area (Å²) in [5, 5.41) is 18.9. The van der Waals surface area contributed by atoms with Crippen molar-refractivity contribution in [2.75, 3.05) is 19.7 Å². The molecule has 0 spiro atoms. The lowest BCUT2D eigenvalue weighted by Gasteiger charge is -2.32. The molecule has 0 bridgehead atoms.